The monoisotopic (exact) mass is 332 g/mol. The van der Waals surface area contributed by atoms with Crippen LogP contribution in [-0.2, 0) is 0 Å². The molecule has 2 amide bonds. The molecule has 0 fully saturated rings. The number of halogens is 1. The third-order valence-electron chi connectivity index (χ3n) is 2.99. The topological polar surface area (TPSA) is 32.3 Å². The Balaban J connectivity index is 2.20. The molecule has 0 saturated heterocycles. The van der Waals surface area contributed by atoms with Crippen LogP contribution in [0.2, 0.25) is 0 Å². The number of carbonyl (C=O) groups is 1. The second-order valence-electron chi connectivity index (χ2n) is 4.49. The van der Waals surface area contributed by atoms with Gasteiger partial charge in [0.1, 0.15) is 0 Å². The number of amides is 2. The molecular formula is C16H17BrN2O. The van der Waals surface area contributed by atoms with Crippen molar-refractivity contribution in [1.82, 2.24) is 0 Å². The maximum atomic E-state index is 12.4. The molecule has 0 aliphatic heterocycles. The minimum Gasteiger partial charge on any atom is -0.306 e. The van der Waals surface area contributed by atoms with Gasteiger partial charge in [-0.1, -0.05) is 24.3 Å². The van der Waals surface area contributed by atoms with Crippen molar-refractivity contribution in [2.24, 2.45) is 0 Å². The molecule has 0 spiro atoms. The fraction of sp³-hybridized carbons (Fsp3) is 0.188. The van der Waals surface area contributed by atoms with Gasteiger partial charge in [-0.05, 0) is 59.6 Å². The van der Waals surface area contributed by atoms with Crippen molar-refractivity contribution in [3.8, 4) is 0 Å². The first kappa shape index (κ1) is 14.6. The van der Waals surface area contributed by atoms with E-state index in [1.165, 1.54) is 0 Å². The summed E-state index contributed by atoms with van der Waals surface area (Å²) in [6, 6.07) is 15.4. The molecule has 4 heteroatoms. The average molecular weight is 333 g/mol. The van der Waals surface area contributed by atoms with Gasteiger partial charge in [-0.15, -0.1) is 0 Å². The lowest BCUT2D eigenvalue weighted by atomic mass is 10.2. The molecule has 0 aliphatic rings. The fourth-order valence-corrected chi connectivity index (χ4v) is 2.37. The highest BCUT2D eigenvalue weighted by Gasteiger charge is 2.14. The Kier molecular flexibility index (Phi) is 4.79. The summed E-state index contributed by atoms with van der Waals surface area (Å²) in [7, 11) is 0. The molecule has 0 heterocycles. The molecule has 0 radical (unpaired) electrons. The molecule has 104 valence electrons. The normalized spacial score (nSPS) is 10.2. The number of para-hydroxylation sites is 1. The van der Waals surface area contributed by atoms with Crippen LogP contribution in [0.1, 0.15) is 12.5 Å². The maximum absolute atomic E-state index is 12.4. The summed E-state index contributed by atoms with van der Waals surface area (Å²) in [6.45, 7) is 4.59. The summed E-state index contributed by atoms with van der Waals surface area (Å²) in [4.78, 5) is 14.1. The highest BCUT2D eigenvalue weighted by atomic mass is 79.9. The van der Waals surface area contributed by atoms with Crippen molar-refractivity contribution < 1.29 is 4.79 Å². The quantitative estimate of drug-likeness (QED) is 0.858. The van der Waals surface area contributed by atoms with E-state index < -0.39 is 0 Å². The first-order valence-electron chi connectivity index (χ1n) is 6.51. The van der Waals surface area contributed by atoms with E-state index in [1.807, 2.05) is 62.4 Å². The van der Waals surface area contributed by atoms with Gasteiger partial charge < -0.3 is 5.32 Å². The van der Waals surface area contributed by atoms with E-state index in [-0.39, 0.29) is 6.03 Å². The number of benzene rings is 2. The Hall–Kier alpha value is -1.81. The van der Waals surface area contributed by atoms with Gasteiger partial charge in [-0.2, -0.15) is 0 Å². The summed E-state index contributed by atoms with van der Waals surface area (Å²) >= 11 is 3.43. The number of urea groups is 1. The summed E-state index contributed by atoms with van der Waals surface area (Å²) in [6.07, 6.45) is 0. The van der Waals surface area contributed by atoms with Crippen LogP contribution in [0.15, 0.2) is 53.0 Å². The number of nitrogens with one attached hydrogen (secondary N) is 1. The van der Waals surface area contributed by atoms with Crippen LogP contribution in [0.25, 0.3) is 0 Å². The minimum atomic E-state index is -0.134. The van der Waals surface area contributed by atoms with Crippen molar-refractivity contribution in [3.63, 3.8) is 0 Å². The lowest BCUT2D eigenvalue weighted by Gasteiger charge is -2.22. The number of hydrogen-bond donors (Lipinski definition) is 1. The lowest BCUT2D eigenvalue weighted by Crippen LogP contribution is -2.34. The molecule has 0 aromatic heterocycles. The molecule has 2 aromatic rings. The van der Waals surface area contributed by atoms with Crippen molar-refractivity contribution in [1.29, 1.82) is 0 Å². The fourth-order valence-electron chi connectivity index (χ4n) is 1.98. The molecule has 0 bridgehead atoms. The van der Waals surface area contributed by atoms with E-state index in [0.717, 1.165) is 21.4 Å². The van der Waals surface area contributed by atoms with Crippen LogP contribution >= 0.6 is 15.9 Å². The zero-order chi connectivity index (χ0) is 14.5. The molecule has 1 N–H and O–H groups in total. The van der Waals surface area contributed by atoms with E-state index in [4.69, 9.17) is 0 Å². The zero-order valence-electron chi connectivity index (χ0n) is 11.6. The van der Waals surface area contributed by atoms with Crippen LogP contribution in [0.5, 0.6) is 0 Å². The Bertz CT molecular complexity index is 613. The molecule has 3 nitrogen and oxygen atoms in total. The number of nitrogens with zero attached hydrogens (tertiary/aromatic N) is 1. The summed E-state index contributed by atoms with van der Waals surface area (Å²) < 4.78 is 0.869. The lowest BCUT2D eigenvalue weighted by molar-refractivity contribution is 0.257. The second kappa shape index (κ2) is 6.57. The van der Waals surface area contributed by atoms with E-state index in [9.17, 15) is 4.79 Å². The van der Waals surface area contributed by atoms with Crippen molar-refractivity contribution in [2.75, 3.05) is 16.8 Å². The third-order valence-corrected chi connectivity index (χ3v) is 3.68. The van der Waals surface area contributed by atoms with Crippen molar-refractivity contribution in [3.05, 3.63) is 58.6 Å². The Labute approximate surface area is 127 Å². The molecular weight excluding hydrogens is 316 g/mol. The van der Waals surface area contributed by atoms with Gasteiger partial charge in [0, 0.05) is 16.7 Å². The molecule has 0 saturated carbocycles. The van der Waals surface area contributed by atoms with E-state index >= 15 is 0 Å². The highest BCUT2D eigenvalue weighted by molar-refractivity contribution is 9.10. The predicted octanol–water partition coefficient (Wildman–Crippen LogP) is 4.82. The smallest absolute Gasteiger partial charge is 0.306 e. The van der Waals surface area contributed by atoms with Gasteiger partial charge in [-0.3, -0.25) is 4.90 Å². The van der Waals surface area contributed by atoms with E-state index in [2.05, 4.69) is 21.2 Å². The summed E-state index contributed by atoms with van der Waals surface area (Å²) in [5, 5.41) is 2.92. The molecule has 0 unspecified atom stereocenters. The van der Waals surface area contributed by atoms with Crippen LogP contribution in [-0.4, -0.2) is 12.6 Å². The zero-order valence-corrected chi connectivity index (χ0v) is 13.1. The maximum Gasteiger partial charge on any atom is 0.326 e. The largest absolute Gasteiger partial charge is 0.326 e. The first-order chi connectivity index (χ1) is 9.61. The number of hydrogen-bond acceptors (Lipinski definition) is 1. The first-order valence-corrected chi connectivity index (χ1v) is 7.31. The number of rotatable bonds is 3. The van der Waals surface area contributed by atoms with Gasteiger partial charge in [0.05, 0.1) is 5.69 Å². The second-order valence-corrected chi connectivity index (χ2v) is 5.35. The van der Waals surface area contributed by atoms with Gasteiger partial charge in [0.15, 0.2) is 0 Å². The van der Waals surface area contributed by atoms with Crippen LogP contribution in [0.3, 0.4) is 0 Å². The van der Waals surface area contributed by atoms with Gasteiger partial charge in [0.25, 0.3) is 0 Å². The van der Waals surface area contributed by atoms with Gasteiger partial charge >= 0.3 is 6.03 Å². The molecule has 0 atom stereocenters. The number of anilines is 2. The van der Waals surface area contributed by atoms with Gasteiger partial charge in [0.2, 0.25) is 0 Å². The van der Waals surface area contributed by atoms with E-state index in [1.54, 1.807) is 4.90 Å². The Morgan fingerprint density at radius 1 is 1.20 bits per heavy atom. The number of aryl methyl sites for hydroxylation is 1. The van der Waals surface area contributed by atoms with Crippen LogP contribution in [0.4, 0.5) is 16.2 Å². The molecule has 20 heavy (non-hydrogen) atoms. The standard InChI is InChI=1S/C16H17BrN2O/c1-3-19(13-8-6-7-12(2)11-13)16(20)18-15-10-5-4-9-14(15)17/h4-11H,3H2,1-2H3,(H,18,20). The predicted molar refractivity (Wildman–Crippen MR) is 87.4 cm³/mol. The summed E-state index contributed by atoms with van der Waals surface area (Å²) in [5.74, 6) is 0. The molecule has 2 aromatic carbocycles. The third kappa shape index (κ3) is 3.39. The summed E-state index contributed by atoms with van der Waals surface area (Å²) in [5.41, 5.74) is 2.80. The Morgan fingerprint density at radius 2 is 1.95 bits per heavy atom. The highest BCUT2D eigenvalue weighted by Crippen LogP contribution is 2.23. The minimum absolute atomic E-state index is 0.134. The SMILES string of the molecule is CCN(C(=O)Nc1ccccc1Br)c1cccc(C)c1. The van der Waals surface area contributed by atoms with Crippen molar-refractivity contribution >= 4 is 33.3 Å². The molecule has 2 rings (SSSR count). The van der Waals surface area contributed by atoms with E-state index in [0.29, 0.717) is 6.54 Å². The average Bonchev–Trinajstić information content (AvgIpc) is 2.42. The van der Waals surface area contributed by atoms with Crippen LogP contribution in [0, 0.1) is 6.92 Å². The van der Waals surface area contributed by atoms with Crippen molar-refractivity contribution in [2.45, 2.75) is 13.8 Å². The van der Waals surface area contributed by atoms with Crippen LogP contribution < -0.4 is 10.2 Å². The number of carbonyl (C=O) groups excluding carboxylic acids is 1. The Morgan fingerprint density at radius 3 is 2.60 bits per heavy atom. The molecule has 0 aliphatic carbocycles. The van der Waals surface area contributed by atoms with Gasteiger partial charge in [-0.25, -0.2) is 4.79 Å².